The molecule has 0 amide bonds. The third kappa shape index (κ3) is 2.93. The molecule has 2 N–H and O–H groups in total. The van der Waals surface area contributed by atoms with E-state index in [0.29, 0.717) is 0 Å². The second-order valence-electron chi connectivity index (χ2n) is 6.86. The number of hydrogen-bond acceptors (Lipinski definition) is 2. The van der Waals surface area contributed by atoms with Crippen LogP contribution in [-0.4, -0.2) is 10.2 Å². The van der Waals surface area contributed by atoms with E-state index in [9.17, 15) is 10.2 Å². The SMILES string of the molecule is C=C[C@H](O)c1ccc2ccccc2c1-c1c([C@@H](O)C=C)ccc2ccccc12. The molecule has 0 radical (unpaired) electrons. The summed E-state index contributed by atoms with van der Waals surface area (Å²) in [5.41, 5.74) is 3.36. The van der Waals surface area contributed by atoms with Crippen molar-refractivity contribution in [3.63, 3.8) is 0 Å². The summed E-state index contributed by atoms with van der Waals surface area (Å²) in [5, 5.41) is 25.6. The van der Waals surface area contributed by atoms with Crippen LogP contribution < -0.4 is 0 Å². The third-order valence-electron chi connectivity index (χ3n) is 5.26. The van der Waals surface area contributed by atoms with Gasteiger partial charge in [0.1, 0.15) is 0 Å². The molecular weight excluding hydrogens is 344 g/mol. The Kier molecular flexibility index (Phi) is 4.82. The minimum absolute atomic E-state index is 0.766. The van der Waals surface area contributed by atoms with Gasteiger partial charge in [0.05, 0.1) is 12.2 Å². The van der Waals surface area contributed by atoms with Crippen LogP contribution in [0.3, 0.4) is 0 Å². The highest BCUT2D eigenvalue weighted by molar-refractivity contribution is 6.08. The van der Waals surface area contributed by atoms with Gasteiger partial charge in [-0.25, -0.2) is 0 Å². The zero-order valence-electron chi connectivity index (χ0n) is 15.5. The molecule has 2 heteroatoms. The Bertz CT molecular complexity index is 1090. The second-order valence-corrected chi connectivity index (χ2v) is 6.86. The van der Waals surface area contributed by atoms with E-state index in [1.54, 1.807) is 0 Å². The first kappa shape index (κ1) is 18.2. The fourth-order valence-corrected chi connectivity index (χ4v) is 3.88. The maximum atomic E-state index is 10.7. The lowest BCUT2D eigenvalue weighted by atomic mass is 9.84. The summed E-state index contributed by atoms with van der Waals surface area (Å²) in [5.74, 6) is 0. The Balaban J connectivity index is 2.23. The molecule has 0 bridgehead atoms. The van der Waals surface area contributed by atoms with Crippen LogP contribution in [0.15, 0.2) is 98.1 Å². The highest BCUT2D eigenvalue weighted by atomic mass is 16.3. The Morgan fingerprint density at radius 2 is 0.964 bits per heavy atom. The Morgan fingerprint density at radius 1 is 0.571 bits per heavy atom. The average molecular weight is 366 g/mol. The lowest BCUT2D eigenvalue weighted by Gasteiger charge is -2.22. The Hall–Kier alpha value is -3.20. The van der Waals surface area contributed by atoms with Crippen molar-refractivity contribution < 1.29 is 10.2 Å². The summed E-state index contributed by atoms with van der Waals surface area (Å²) in [6.45, 7) is 7.54. The van der Waals surface area contributed by atoms with E-state index < -0.39 is 12.2 Å². The summed E-state index contributed by atoms with van der Waals surface area (Å²) >= 11 is 0. The predicted octanol–water partition coefficient (Wildman–Crippen LogP) is 6.10. The predicted molar refractivity (Wildman–Crippen MR) is 117 cm³/mol. The molecule has 0 spiro atoms. The number of fused-ring (bicyclic) bond motifs is 2. The van der Waals surface area contributed by atoms with Crippen LogP contribution in [0.5, 0.6) is 0 Å². The van der Waals surface area contributed by atoms with Crippen molar-refractivity contribution in [2.24, 2.45) is 0 Å². The van der Waals surface area contributed by atoms with Gasteiger partial charge in [-0.2, -0.15) is 0 Å². The van der Waals surface area contributed by atoms with Gasteiger partial charge in [-0.15, -0.1) is 13.2 Å². The van der Waals surface area contributed by atoms with Crippen LogP contribution in [0.25, 0.3) is 32.7 Å². The first-order valence-corrected chi connectivity index (χ1v) is 9.30. The van der Waals surface area contributed by atoms with E-state index in [4.69, 9.17) is 0 Å². The molecule has 0 aliphatic carbocycles. The van der Waals surface area contributed by atoms with Gasteiger partial charge in [0.25, 0.3) is 0 Å². The van der Waals surface area contributed by atoms with Crippen LogP contribution in [0.2, 0.25) is 0 Å². The monoisotopic (exact) mass is 366 g/mol. The molecule has 0 aliphatic heterocycles. The van der Waals surface area contributed by atoms with Crippen molar-refractivity contribution in [3.05, 3.63) is 109 Å². The van der Waals surface area contributed by atoms with Gasteiger partial charge in [-0.05, 0) is 43.8 Å². The molecule has 138 valence electrons. The molecule has 0 heterocycles. The fourth-order valence-electron chi connectivity index (χ4n) is 3.88. The van der Waals surface area contributed by atoms with Crippen LogP contribution in [0, 0.1) is 0 Å². The van der Waals surface area contributed by atoms with E-state index in [0.717, 1.165) is 43.8 Å². The highest BCUT2D eigenvalue weighted by Gasteiger charge is 2.21. The molecule has 4 aromatic carbocycles. The molecule has 0 saturated carbocycles. The lowest BCUT2D eigenvalue weighted by molar-refractivity contribution is 0.227. The highest BCUT2D eigenvalue weighted by Crippen LogP contribution is 2.43. The fraction of sp³-hybridized carbons (Fsp3) is 0.0769. The molecule has 4 rings (SSSR count). The van der Waals surface area contributed by atoms with E-state index in [1.807, 2.05) is 48.5 Å². The summed E-state index contributed by atoms with van der Waals surface area (Å²) in [6.07, 6.45) is 1.43. The van der Waals surface area contributed by atoms with Gasteiger partial charge < -0.3 is 10.2 Å². The van der Waals surface area contributed by atoms with Gasteiger partial charge in [0.2, 0.25) is 0 Å². The summed E-state index contributed by atoms with van der Waals surface area (Å²) < 4.78 is 0. The first-order valence-electron chi connectivity index (χ1n) is 9.30. The van der Waals surface area contributed by atoms with Gasteiger partial charge >= 0.3 is 0 Å². The standard InChI is InChI=1S/C26H22O2/c1-3-23(27)21-15-13-17-9-5-7-11-19(17)25(21)26-20-12-8-6-10-18(20)14-16-22(26)24(28)4-2/h3-16,23-24,27-28H,1-2H2/t23-,24-/m0/s1. The van der Waals surface area contributed by atoms with Gasteiger partial charge in [-0.1, -0.05) is 84.9 Å². The van der Waals surface area contributed by atoms with Crippen LogP contribution in [-0.2, 0) is 0 Å². The normalized spacial score (nSPS) is 13.4. The summed E-state index contributed by atoms with van der Waals surface area (Å²) in [7, 11) is 0. The maximum Gasteiger partial charge on any atom is 0.0975 e. The first-order chi connectivity index (χ1) is 13.7. The van der Waals surface area contributed by atoms with E-state index in [1.165, 1.54) is 12.2 Å². The van der Waals surface area contributed by atoms with Crippen molar-refractivity contribution in [1.82, 2.24) is 0 Å². The third-order valence-corrected chi connectivity index (χ3v) is 5.26. The molecule has 4 aromatic rings. The number of hydrogen-bond donors (Lipinski definition) is 2. The molecule has 0 aromatic heterocycles. The summed E-state index contributed by atoms with van der Waals surface area (Å²) in [4.78, 5) is 0. The minimum Gasteiger partial charge on any atom is -0.384 e. The van der Waals surface area contributed by atoms with Crippen LogP contribution in [0.1, 0.15) is 23.3 Å². The van der Waals surface area contributed by atoms with E-state index in [-0.39, 0.29) is 0 Å². The van der Waals surface area contributed by atoms with Crippen molar-refractivity contribution in [1.29, 1.82) is 0 Å². The number of aliphatic hydroxyl groups excluding tert-OH is 2. The molecule has 0 unspecified atom stereocenters. The molecule has 2 nitrogen and oxygen atoms in total. The molecule has 28 heavy (non-hydrogen) atoms. The van der Waals surface area contributed by atoms with Gasteiger partial charge in [0, 0.05) is 0 Å². The molecule has 2 atom stereocenters. The largest absolute Gasteiger partial charge is 0.384 e. The molecule has 0 saturated heterocycles. The maximum absolute atomic E-state index is 10.7. The molecule has 0 aliphatic rings. The van der Waals surface area contributed by atoms with Crippen molar-refractivity contribution >= 4 is 21.5 Å². The van der Waals surface area contributed by atoms with Crippen molar-refractivity contribution in [3.8, 4) is 11.1 Å². The van der Waals surface area contributed by atoms with Crippen LogP contribution >= 0.6 is 0 Å². The van der Waals surface area contributed by atoms with E-state index >= 15 is 0 Å². The molecular formula is C26H22O2. The minimum atomic E-state index is -0.813. The Labute approximate surface area is 164 Å². The van der Waals surface area contributed by atoms with Gasteiger partial charge in [0.15, 0.2) is 0 Å². The molecule has 0 fully saturated rings. The quantitative estimate of drug-likeness (QED) is 0.419. The summed E-state index contributed by atoms with van der Waals surface area (Å²) in [6, 6.07) is 24.1. The van der Waals surface area contributed by atoms with E-state index in [2.05, 4.69) is 37.4 Å². The second kappa shape index (κ2) is 7.43. The number of rotatable bonds is 5. The average Bonchev–Trinajstić information content (AvgIpc) is 2.76. The zero-order valence-corrected chi connectivity index (χ0v) is 15.5. The van der Waals surface area contributed by atoms with Gasteiger partial charge in [-0.3, -0.25) is 0 Å². The van der Waals surface area contributed by atoms with Crippen molar-refractivity contribution in [2.75, 3.05) is 0 Å². The zero-order chi connectivity index (χ0) is 19.7. The topological polar surface area (TPSA) is 40.5 Å². The number of benzene rings is 4. The smallest absolute Gasteiger partial charge is 0.0975 e. The lowest BCUT2D eigenvalue weighted by Crippen LogP contribution is -2.03. The van der Waals surface area contributed by atoms with Crippen molar-refractivity contribution in [2.45, 2.75) is 12.2 Å². The number of aliphatic hydroxyl groups is 2. The van der Waals surface area contributed by atoms with Crippen LogP contribution in [0.4, 0.5) is 0 Å². The Morgan fingerprint density at radius 3 is 1.36 bits per heavy atom.